The average Bonchev–Trinajstić information content (AvgIpc) is 3.22. The number of nitrogens with zero attached hydrogens (tertiary/aromatic N) is 5. The molecule has 4 heterocycles. The van der Waals surface area contributed by atoms with Crippen molar-refractivity contribution < 1.29 is 13.6 Å². The lowest BCUT2D eigenvalue weighted by Crippen LogP contribution is -2.50. The van der Waals surface area contributed by atoms with Crippen LogP contribution in [0.15, 0.2) is 18.2 Å². The predicted molar refractivity (Wildman–Crippen MR) is 135 cm³/mol. The Bertz CT molecular complexity index is 1250. The van der Waals surface area contributed by atoms with Crippen molar-refractivity contribution in [3.05, 3.63) is 46.1 Å². The SMILES string of the molecule is CCN1CCc2c(sc3nc(C(C)C)nc(N4CCN(C(=O)Nc5ccc(F)cc5F)CC4)c23)C1. The van der Waals surface area contributed by atoms with Gasteiger partial charge in [-0.3, -0.25) is 4.90 Å². The Balaban J connectivity index is 1.37. The van der Waals surface area contributed by atoms with Crippen LogP contribution < -0.4 is 10.2 Å². The molecule has 0 radical (unpaired) electrons. The molecule has 0 bridgehead atoms. The van der Waals surface area contributed by atoms with Crippen LogP contribution >= 0.6 is 11.3 Å². The van der Waals surface area contributed by atoms with Gasteiger partial charge in [0.1, 0.15) is 28.1 Å². The van der Waals surface area contributed by atoms with Crippen molar-refractivity contribution in [1.29, 1.82) is 0 Å². The number of piperazine rings is 1. The Morgan fingerprint density at radius 3 is 2.60 bits per heavy atom. The summed E-state index contributed by atoms with van der Waals surface area (Å²) in [4.78, 5) is 31.4. The standard InChI is InChI=1S/C25H30F2N6OS/c1-4-31-8-7-17-20(14-31)35-24-21(17)23(29-22(30-24)15(2)3)32-9-11-33(12-10-32)25(34)28-19-6-5-16(26)13-18(19)27/h5-6,13,15H,4,7-12,14H2,1-3H3,(H,28,34). The van der Waals surface area contributed by atoms with E-state index in [0.29, 0.717) is 26.2 Å². The van der Waals surface area contributed by atoms with E-state index in [2.05, 4.69) is 35.9 Å². The lowest BCUT2D eigenvalue weighted by atomic mass is 10.0. The number of likely N-dealkylation sites (N-methyl/N-ethyl adjacent to an activating group) is 1. The van der Waals surface area contributed by atoms with E-state index < -0.39 is 17.7 Å². The Morgan fingerprint density at radius 2 is 1.91 bits per heavy atom. The van der Waals surface area contributed by atoms with Crippen LogP contribution in [0.25, 0.3) is 10.2 Å². The number of hydrogen-bond acceptors (Lipinski definition) is 6. The number of amides is 2. The molecule has 5 rings (SSSR count). The van der Waals surface area contributed by atoms with Crippen LogP contribution in [0.4, 0.5) is 25.1 Å². The third kappa shape index (κ3) is 4.69. The molecule has 1 aromatic carbocycles. The van der Waals surface area contributed by atoms with E-state index >= 15 is 0 Å². The van der Waals surface area contributed by atoms with E-state index in [9.17, 15) is 13.6 Å². The highest BCUT2D eigenvalue weighted by Crippen LogP contribution is 2.39. The first-order valence-corrected chi connectivity index (χ1v) is 13.0. The van der Waals surface area contributed by atoms with Crippen molar-refractivity contribution in [2.24, 2.45) is 0 Å². The molecular formula is C25H30F2N6OS. The normalized spacial score (nSPS) is 16.7. The molecule has 0 unspecified atom stereocenters. The molecular weight excluding hydrogens is 470 g/mol. The summed E-state index contributed by atoms with van der Waals surface area (Å²) in [5.74, 6) is 0.549. The second kappa shape index (κ2) is 9.66. The maximum Gasteiger partial charge on any atom is 0.322 e. The van der Waals surface area contributed by atoms with Gasteiger partial charge >= 0.3 is 6.03 Å². The summed E-state index contributed by atoms with van der Waals surface area (Å²) in [6.45, 7) is 11.6. The highest BCUT2D eigenvalue weighted by Gasteiger charge is 2.29. The molecule has 2 aromatic heterocycles. The highest BCUT2D eigenvalue weighted by atomic mass is 32.1. The minimum absolute atomic E-state index is 0.0241. The van der Waals surface area contributed by atoms with Gasteiger partial charge in [0.05, 0.1) is 11.1 Å². The zero-order valence-electron chi connectivity index (χ0n) is 20.3. The summed E-state index contributed by atoms with van der Waals surface area (Å²) in [6, 6.07) is 2.74. The van der Waals surface area contributed by atoms with Crippen LogP contribution in [0, 0.1) is 11.6 Å². The summed E-state index contributed by atoms with van der Waals surface area (Å²) < 4.78 is 27.1. The Labute approximate surface area is 207 Å². The van der Waals surface area contributed by atoms with Crippen LogP contribution in [0.3, 0.4) is 0 Å². The number of nitrogens with one attached hydrogen (secondary N) is 1. The third-order valence-corrected chi connectivity index (χ3v) is 7.89. The fraction of sp³-hybridized carbons (Fsp3) is 0.480. The summed E-state index contributed by atoms with van der Waals surface area (Å²) in [7, 11) is 0. The molecule has 3 aromatic rings. The number of rotatable bonds is 4. The van der Waals surface area contributed by atoms with Crippen molar-refractivity contribution in [1.82, 2.24) is 19.8 Å². The number of urea groups is 1. The third-order valence-electron chi connectivity index (χ3n) is 6.78. The molecule has 2 aliphatic heterocycles. The molecule has 2 amide bonds. The first kappa shape index (κ1) is 23.9. The van der Waals surface area contributed by atoms with Gasteiger partial charge in [0.2, 0.25) is 0 Å². The van der Waals surface area contributed by atoms with Crippen molar-refractivity contribution in [2.75, 3.05) is 49.5 Å². The molecule has 10 heteroatoms. The number of carbonyl (C=O) groups excluding carboxylic acids is 1. The number of carbonyl (C=O) groups is 1. The fourth-order valence-corrected chi connectivity index (χ4v) is 5.97. The first-order chi connectivity index (χ1) is 16.8. The van der Waals surface area contributed by atoms with E-state index in [4.69, 9.17) is 9.97 Å². The van der Waals surface area contributed by atoms with E-state index in [1.54, 1.807) is 16.2 Å². The minimum atomic E-state index is -0.787. The van der Waals surface area contributed by atoms with Gasteiger partial charge in [-0.15, -0.1) is 11.3 Å². The van der Waals surface area contributed by atoms with E-state index in [1.165, 1.54) is 16.5 Å². The first-order valence-electron chi connectivity index (χ1n) is 12.1. The maximum absolute atomic E-state index is 14.0. The molecule has 0 saturated carbocycles. The lowest BCUT2D eigenvalue weighted by Gasteiger charge is -2.36. The molecule has 186 valence electrons. The zero-order valence-corrected chi connectivity index (χ0v) is 21.1. The summed E-state index contributed by atoms with van der Waals surface area (Å²) in [5, 5.41) is 3.72. The van der Waals surface area contributed by atoms with Crippen molar-refractivity contribution in [2.45, 2.75) is 39.7 Å². The molecule has 0 spiro atoms. The van der Waals surface area contributed by atoms with Crippen LogP contribution in [-0.2, 0) is 13.0 Å². The van der Waals surface area contributed by atoms with Crippen LogP contribution in [0.5, 0.6) is 0 Å². The molecule has 0 aliphatic carbocycles. The zero-order chi connectivity index (χ0) is 24.7. The molecule has 1 N–H and O–H groups in total. The quantitative estimate of drug-likeness (QED) is 0.556. The molecule has 1 fully saturated rings. The number of hydrogen-bond donors (Lipinski definition) is 1. The summed E-state index contributed by atoms with van der Waals surface area (Å²) in [5.41, 5.74) is 1.34. The van der Waals surface area contributed by atoms with Gasteiger partial charge in [-0.25, -0.2) is 23.5 Å². The van der Waals surface area contributed by atoms with E-state index in [-0.39, 0.29) is 11.6 Å². The second-order valence-corrected chi connectivity index (χ2v) is 10.5. The molecule has 1 saturated heterocycles. The maximum atomic E-state index is 14.0. The second-order valence-electron chi connectivity index (χ2n) is 9.39. The van der Waals surface area contributed by atoms with E-state index in [1.807, 2.05) is 0 Å². The van der Waals surface area contributed by atoms with Gasteiger partial charge in [0.25, 0.3) is 0 Å². The Hall–Kier alpha value is -2.85. The summed E-state index contributed by atoms with van der Waals surface area (Å²) in [6.07, 6.45) is 0.992. The lowest BCUT2D eigenvalue weighted by molar-refractivity contribution is 0.208. The molecule has 0 atom stereocenters. The minimum Gasteiger partial charge on any atom is -0.352 e. The van der Waals surface area contributed by atoms with E-state index in [0.717, 1.165) is 60.0 Å². The van der Waals surface area contributed by atoms with Crippen molar-refractivity contribution in [3.8, 4) is 0 Å². The van der Waals surface area contributed by atoms with Crippen LogP contribution in [0.1, 0.15) is 43.0 Å². The Kier molecular flexibility index (Phi) is 6.59. The number of aromatic nitrogens is 2. The van der Waals surface area contributed by atoms with Crippen LogP contribution in [-0.4, -0.2) is 65.1 Å². The van der Waals surface area contributed by atoms with Crippen LogP contribution in [0.2, 0.25) is 0 Å². The van der Waals surface area contributed by atoms with Crippen molar-refractivity contribution in [3.63, 3.8) is 0 Å². The fourth-order valence-electron chi connectivity index (χ4n) is 4.71. The average molecular weight is 501 g/mol. The molecule has 35 heavy (non-hydrogen) atoms. The number of benzene rings is 1. The van der Waals surface area contributed by atoms with Gasteiger partial charge in [-0.2, -0.15) is 0 Å². The monoisotopic (exact) mass is 500 g/mol. The van der Waals surface area contributed by atoms with Gasteiger partial charge in [0, 0.05) is 56.1 Å². The number of halogens is 2. The number of fused-ring (bicyclic) bond motifs is 3. The highest BCUT2D eigenvalue weighted by molar-refractivity contribution is 7.19. The smallest absolute Gasteiger partial charge is 0.322 e. The van der Waals surface area contributed by atoms with Gasteiger partial charge < -0.3 is 15.1 Å². The van der Waals surface area contributed by atoms with Gasteiger partial charge in [0.15, 0.2) is 0 Å². The summed E-state index contributed by atoms with van der Waals surface area (Å²) >= 11 is 1.78. The number of thiophene rings is 1. The van der Waals surface area contributed by atoms with Gasteiger partial charge in [-0.05, 0) is 30.7 Å². The predicted octanol–water partition coefficient (Wildman–Crippen LogP) is 4.83. The topological polar surface area (TPSA) is 64.6 Å². The van der Waals surface area contributed by atoms with Crippen molar-refractivity contribution >= 4 is 39.1 Å². The molecule has 2 aliphatic rings. The Morgan fingerprint density at radius 1 is 1.14 bits per heavy atom. The molecule has 7 nitrogen and oxygen atoms in total. The largest absolute Gasteiger partial charge is 0.352 e. The number of anilines is 2. The van der Waals surface area contributed by atoms with Gasteiger partial charge in [-0.1, -0.05) is 20.8 Å².